The van der Waals surface area contributed by atoms with Gasteiger partial charge in [0.2, 0.25) is 0 Å². The van der Waals surface area contributed by atoms with Crippen molar-refractivity contribution in [2.45, 2.75) is 44.7 Å². The molecule has 0 N–H and O–H groups in total. The zero-order valence-corrected chi connectivity index (χ0v) is 15.4. The first-order valence-corrected chi connectivity index (χ1v) is 9.14. The van der Waals surface area contributed by atoms with E-state index in [1.165, 1.54) is 4.90 Å². The molecule has 1 amide bonds. The monoisotopic (exact) mass is 331 g/mol. The number of hydrogen-bond donors (Lipinski definition) is 0. The maximum atomic E-state index is 12.8. The first-order chi connectivity index (χ1) is 11.0. The smallest absolute Gasteiger partial charge is 0.272 e. The zero-order valence-electron chi connectivity index (χ0n) is 14.5. The van der Waals surface area contributed by atoms with Crippen molar-refractivity contribution < 1.29 is 4.79 Å². The highest BCUT2D eigenvalue weighted by Crippen LogP contribution is 2.19. The lowest BCUT2D eigenvalue weighted by atomic mass is 10.1. The Morgan fingerprint density at radius 3 is 2.70 bits per heavy atom. The summed E-state index contributed by atoms with van der Waals surface area (Å²) in [4.78, 5) is 15.7. The number of aryl methyl sites for hydroxylation is 1. The van der Waals surface area contributed by atoms with E-state index in [1.807, 2.05) is 26.1 Å². The molecule has 2 rings (SSSR count). The fraction of sp³-hybridized carbons (Fsp3) is 0.444. The second-order valence-electron chi connectivity index (χ2n) is 5.94. The van der Waals surface area contributed by atoms with Crippen molar-refractivity contribution in [3.63, 3.8) is 0 Å². The average molecular weight is 331 g/mol. The van der Waals surface area contributed by atoms with Crippen LogP contribution in [0.5, 0.6) is 0 Å². The molecule has 2 aromatic rings. The molecule has 5 heteroatoms. The number of aromatic nitrogens is 2. The van der Waals surface area contributed by atoms with E-state index in [4.69, 9.17) is 0 Å². The highest BCUT2D eigenvalue weighted by Gasteiger charge is 2.19. The van der Waals surface area contributed by atoms with E-state index >= 15 is 0 Å². The molecule has 0 fully saturated rings. The number of hydrogen-bond acceptors (Lipinski definition) is 3. The maximum Gasteiger partial charge on any atom is 0.272 e. The zero-order chi connectivity index (χ0) is 17.0. The molecular weight excluding hydrogens is 306 g/mol. The van der Waals surface area contributed by atoms with Gasteiger partial charge in [0.1, 0.15) is 5.69 Å². The molecule has 0 aliphatic rings. The fourth-order valence-electron chi connectivity index (χ4n) is 2.44. The Balaban J connectivity index is 2.19. The fourth-order valence-corrected chi connectivity index (χ4v) is 2.93. The first-order valence-electron chi connectivity index (χ1n) is 7.92. The van der Waals surface area contributed by atoms with E-state index in [2.05, 4.69) is 43.4 Å². The largest absolute Gasteiger partial charge is 0.336 e. The Morgan fingerprint density at radius 1 is 1.35 bits per heavy atom. The topological polar surface area (TPSA) is 38.1 Å². The molecule has 0 aliphatic carbocycles. The average Bonchev–Trinajstić information content (AvgIpc) is 2.98. The number of carbonyl (C=O) groups excluding carboxylic acids is 1. The summed E-state index contributed by atoms with van der Waals surface area (Å²) < 4.78 is 1.80. The van der Waals surface area contributed by atoms with Crippen LogP contribution in [0.4, 0.5) is 0 Å². The van der Waals surface area contributed by atoms with Crippen molar-refractivity contribution >= 4 is 17.7 Å². The number of rotatable bonds is 6. The molecule has 1 heterocycles. The van der Waals surface area contributed by atoms with Crippen LogP contribution in [-0.2, 0) is 13.1 Å². The van der Waals surface area contributed by atoms with E-state index in [1.54, 1.807) is 21.3 Å². The first kappa shape index (κ1) is 17.6. The lowest BCUT2D eigenvalue weighted by Crippen LogP contribution is -2.28. The van der Waals surface area contributed by atoms with E-state index in [0.29, 0.717) is 24.7 Å². The second kappa shape index (κ2) is 7.68. The van der Waals surface area contributed by atoms with Gasteiger partial charge in [0.15, 0.2) is 0 Å². The van der Waals surface area contributed by atoms with Gasteiger partial charge in [-0.3, -0.25) is 9.48 Å². The second-order valence-corrected chi connectivity index (χ2v) is 6.82. The minimum absolute atomic E-state index is 0.0146. The summed E-state index contributed by atoms with van der Waals surface area (Å²) in [6.45, 7) is 7.49. The SMILES string of the molecule is CCn1nc(C(C)C)cc1C(=O)N(C)Cc1cccc(SC)c1. The number of amides is 1. The molecule has 4 nitrogen and oxygen atoms in total. The Kier molecular flexibility index (Phi) is 5.88. The number of carbonyl (C=O) groups is 1. The molecule has 1 aromatic heterocycles. The van der Waals surface area contributed by atoms with Gasteiger partial charge in [-0.1, -0.05) is 26.0 Å². The van der Waals surface area contributed by atoms with Gasteiger partial charge in [0.05, 0.1) is 5.69 Å². The predicted octanol–water partition coefficient (Wildman–Crippen LogP) is 4.02. The predicted molar refractivity (Wildman–Crippen MR) is 96.0 cm³/mol. The minimum atomic E-state index is 0.0146. The molecule has 0 atom stereocenters. The van der Waals surface area contributed by atoms with E-state index in [0.717, 1.165) is 11.3 Å². The molecule has 124 valence electrons. The van der Waals surface area contributed by atoms with Crippen molar-refractivity contribution in [3.05, 3.63) is 47.3 Å². The quantitative estimate of drug-likeness (QED) is 0.750. The number of nitrogens with zero attached hydrogens (tertiary/aromatic N) is 3. The van der Waals surface area contributed by atoms with E-state index < -0.39 is 0 Å². The van der Waals surface area contributed by atoms with Gasteiger partial charge in [-0.25, -0.2) is 0 Å². The lowest BCUT2D eigenvalue weighted by Gasteiger charge is -2.18. The molecule has 23 heavy (non-hydrogen) atoms. The van der Waals surface area contributed by atoms with Gasteiger partial charge < -0.3 is 4.90 Å². The number of benzene rings is 1. The van der Waals surface area contributed by atoms with Crippen LogP contribution in [0.2, 0.25) is 0 Å². The van der Waals surface area contributed by atoms with Crippen LogP contribution in [0.15, 0.2) is 35.2 Å². The van der Waals surface area contributed by atoms with Gasteiger partial charge in [-0.15, -0.1) is 11.8 Å². The molecule has 0 saturated carbocycles. The molecule has 0 spiro atoms. The highest BCUT2D eigenvalue weighted by molar-refractivity contribution is 7.98. The van der Waals surface area contributed by atoms with Crippen molar-refractivity contribution in [2.24, 2.45) is 0 Å². The Hall–Kier alpha value is -1.75. The van der Waals surface area contributed by atoms with Crippen LogP contribution in [0.25, 0.3) is 0 Å². The van der Waals surface area contributed by atoms with Gasteiger partial charge in [-0.05, 0) is 42.9 Å². The maximum absolute atomic E-state index is 12.8. The summed E-state index contributed by atoms with van der Waals surface area (Å²) in [5.74, 6) is 0.332. The summed E-state index contributed by atoms with van der Waals surface area (Å²) in [5.41, 5.74) is 2.77. The molecule has 0 unspecified atom stereocenters. The lowest BCUT2D eigenvalue weighted by molar-refractivity contribution is 0.0772. The van der Waals surface area contributed by atoms with Crippen LogP contribution in [0.3, 0.4) is 0 Å². The number of thioether (sulfide) groups is 1. The van der Waals surface area contributed by atoms with Gasteiger partial charge in [-0.2, -0.15) is 5.10 Å². The third kappa shape index (κ3) is 4.16. The molecule has 0 aliphatic heterocycles. The standard InChI is InChI=1S/C18H25N3OS/c1-6-21-17(11-16(19-21)13(2)3)18(22)20(4)12-14-8-7-9-15(10-14)23-5/h7-11,13H,6,12H2,1-5H3. The molecule has 1 aromatic carbocycles. The third-order valence-electron chi connectivity index (χ3n) is 3.81. The van der Waals surface area contributed by atoms with Gasteiger partial charge in [0.25, 0.3) is 5.91 Å². The molecule has 0 bridgehead atoms. The highest BCUT2D eigenvalue weighted by atomic mass is 32.2. The summed E-state index contributed by atoms with van der Waals surface area (Å²) in [7, 11) is 1.84. The summed E-state index contributed by atoms with van der Waals surface area (Å²) in [6, 6.07) is 10.2. The van der Waals surface area contributed by atoms with Crippen molar-refractivity contribution in [1.29, 1.82) is 0 Å². The van der Waals surface area contributed by atoms with Crippen molar-refractivity contribution in [2.75, 3.05) is 13.3 Å². The van der Waals surface area contributed by atoms with Gasteiger partial charge in [0, 0.05) is 25.0 Å². The van der Waals surface area contributed by atoms with Crippen molar-refractivity contribution in [1.82, 2.24) is 14.7 Å². The van der Waals surface area contributed by atoms with Crippen LogP contribution in [0.1, 0.15) is 48.4 Å². The normalized spacial score (nSPS) is 11.0. The Bertz CT molecular complexity index is 679. The molecule has 0 saturated heterocycles. The van der Waals surface area contributed by atoms with Crippen LogP contribution < -0.4 is 0 Å². The van der Waals surface area contributed by atoms with Crippen LogP contribution in [0, 0.1) is 0 Å². The van der Waals surface area contributed by atoms with E-state index in [9.17, 15) is 4.79 Å². The molecule has 0 radical (unpaired) electrons. The Morgan fingerprint density at radius 2 is 2.09 bits per heavy atom. The van der Waals surface area contributed by atoms with E-state index in [-0.39, 0.29) is 5.91 Å². The summed E-state index contributed by atoms with van der Waals surface area (Å²) in [5, 5.41) is 4.53. The van der Waals surface area contributed by atoms with Gasteiger partial charge >= 0.3 is 0 Å². The molecular formula is C18H25N3OS. The van der Waals surface area contributed by atoms with Crippen LogP contribution >= 0.6 is 11.8 Å². The Labute approximate surface area is 142 Å². The third-order valence-corrected chi connectivity index (χ3v) is 4.53. The minimum Gasteiger partial charge on any atom is -0.336 e. The summed E-state index contributed by atoms with van der Waals surface area (Å²) in [6.07, 6.45) is 2.06. The van der Waals surface area contributed by atoms with Crippen LogP contribution in [-0.4, -0.2) is 33.9 Å². The van der Waals surface area contributed by atoms with Crippen molar-refractivity contribution in [3.8, 4) is 0 Å². The summed E-state index contributed by atoms with van der Waals surface area (Å²) >= 11 is 1.71.